The number of halogens is 1. The second-order valence-corrected chi connectivity index (χ2v) is 5.26. The van der Waals surface area contributed by atoms with E-state index in [9.17, 15) is 9.59 Å². The number of hydrogen-bond acceptors (Lipinski definition) is 3. The van der Waals surface area contributed by atoms with Gasteiger partial charge in [-0.15, -0.1) is 0 Å². The SMILES string of the molecule is COC(=O)[C@@H](NC(=O)c1ccc(Br)cc1)c1ccccc1. The molecule has 0 aliphatic heterocycles. The zero-order valence-electron chi connectivity index (χ0n) is 11.4. The number of ether oxygens (including phenoxy) is 1. The molecule has 1 N–H and O–H groups in total. The van der Waals surface area contributed by atoms with Crippen molar-refractivity contribution in [3.63, 3.8) is 0 Å². The van der Waals surface area contributed by atoms with E-state index in [0.29, 0.717) is 11.1 Å². The standard InChI is InChI=1S/C16H14BrNO3/c1-21-16(20)14(11-5-3-2-4-6-11)18-15(19)12-7-9-13(17)10-8-12/h2-10,14H,1H3,(H,18,19)/t14-/m0/s1. The van der Waals surface area contributed by atoms with Gasteiger partial charge in [-0.3, -0.25) is 4.79 Å². The summed E-state index contributed by atoms with van der Waals surface area (Å²) in [5.41, 5.74) is 1.15. The summed E-state index contributed by atoms with van der Waals surface area (Å²) < 4.78 is 5.64. The number of carbonyl (C=O) groups excluding carboxylic acids is 2. The number of amides is 1. The lowest BCUT2D eigenvalue weighted by Crippen LogP contribution is -2.34. The fraction of sp³-hybridized carbons (Fsp3) is 0.125. The van der Waals surface area contributed by atoms with Gasteiger partial charge in [0.1, 0.15) is 0 Å². The quantitative estimate of drug-likeness (QED) is 0.864. The second-order valence-electron chi connectivity index (χ2n) is 4.35. The third-order valence-electron chi connectivity index (χ3n) is 2.95. The highest BCUT2D eigenvalue weighted by Gasteiger charge is 2.23. The molecule has 0 aliphatic carbocycles. The van der Waals surface area contributed by atoms with E-state index in [4.69, 9.17) is 4.74 Å². The summed E-state index contributed by atoms with van der Waals surface area (Å²) in [6.45, 7) is 0. The topological polar surface area (TPSA) is 55.4 Å². The summed E-state index contributed by atoms with van der Waals surface area (Å²) >= 11 is 3.31. The molecular weight excluding hydrogens is 334 g/mol. The molecule has 0 aromatic heterocycles. The monoisotopic (exact) mass is 347 g/mol. The van der Waals surface area contributed by atoms with Crippen LogP contribution in [0, 0.1) is 0 Å². The van der Waals surface area contributed by atoms with E-state index in [1.54, 1.807) is 48.5 Å². The van der Waals surface area contributed by atoms with Gasteiger partial charge in [0.2, 0.25) is 0 Å². The molecule has 0 fully saturated rings. The molecule has 0 saturated heterocycles. The van der Waals surface area contributed by atoms with Crippen molar-refractivity contribution < 1.29 is 14.3 Å². The van der Waals surface area contributed by atoms with E-state index in [-0.39, 0.29) is 5.91 Å². The van der Waals surface area contributed by atoms with Crippen molar-refractivity contribution >= 4 is 27.8 Å². The first-order valence-electron chi connectivity index (χ1n) is 6.31. The molecule has 0 saturated carbocycles. The Morgan fingerprint density at radius 3 is 2.24 bits per heavy atom. The molecule has 2 aromatic rings. The normalized spacial score (nSPS) is 11.5. The van der Waals surface area contributed by atoms with Crippen LogP contribution in [0.2, 0.25) is 0 Å². The van der Waals surface area contributed by atoms with Crippen molar-refractivity contribution in [1.29, 1.82) is 0 Å². The molecule has 2 aromatic carbocycles. The van der Waals surface area contributed by atoms with Crippen LogP contribution in [0.4, 0.5) is 0 Å². The second kappa shape index (κ2) is 7.04. The van der Waals surface area contributed by atoms with Crippen LogP contribution in [-0.2, 0) is 9.53 Å². The Morgan fingerprint density at radius 2 is 1.67 bits per heavy atom. The van der Waals surface area contributed by atoms with Crippen molar-refractivity contribution in [2.24, 2.45) is 0 Å². The Labute approximate surface area is 131 Å². The Kier molecular flexibility index (Phi) is 5.11. The van der Waals surface area contributed by atoms with Gasteiger partial charge in [-0.05, 0) is 29.8 Å². The van der Waals surface area contributed by atoms with Gasteiger partial charge >= 0.3 is 5.97 Å². The Hall–Kier alpha value is -2.14. The summed E-state index contributed by atoms with van der Waals surface area (Å²) in [5.74, 6) is -0.839. The minimum atomic E-state index is -0.827. The minimum absolute atomic E-state index is 0.332. The molecule has 0 heterocycles. The highest BCUT2D eigenvalue weighted by Crippen LogP contribution is 2.16. The maximum absolute atomic E-state index is 12.2. The molecule has 2 rings (SSSR count). The maximum Gasteiger partial charge on any atom is 0.333 e. The Bertz CT molecular complexity index is 626. The Morgan fingerprint density at radius 1 is 1.05 bits per heavy atom. The van der Waals surface area contributed by atoms with Gasteiger partial charge in [-0.2, -0.15) is 0 Å². The molecule has 108 valence electrons. The molecule has 21 heavy (non-hydrogen) atoms. The lowest BCUT2D eigenvalue weighted by Gasteiger charge is -2.17. The molecule has 1 atom stereocenters. The van der Waals surface area contributed by atoms with E-state index in [1.165, 1.54) is 7.11 Å². The number of esters is 1. The van der Waals surface area contributed by atoms with Crippen molar-refractivity contribution in [3.05, 3.63) is 70.2 Å². The first-order valence-corrected chi connectivity index (χ1v) is 7.10. The number of carbonyl (C=O) groups is 2. The molecule has 0 radical (unpaired) electrons. The number of rotatable bonds is 4. The fourth-order valence-corrected chi connectivity index (χ4v) is 2.12. The van der Waals surface area contributed by atoms with Crippen LogP contribution in [0.25, 0.3) is 0 Å². The van der Waals surface area contributed by atoms with Crippen LogP contribution in [0.3, 0.4) is 0 Å². The van der Waals surface area contributed by atoms with Gasteiger partial charge in [-0.1, -0.05) is 46.3 Å². The van der Waals surface area contributed by atoms with Crippen molar-refractivity contribution in [2.45, 2.75) is 6.04 Å². The molecular formula is C16H14BrNO3. The molecule has 0 aliphatic rings. The first kappa shape index (κ1) is 15.3. The van der Waals surface area contributed by atoms with Gasteiger partial charge in [-0.25, -0.2) is 4.79 Å². The third kappa shape index (κ3) is 3.92. The summed E-state index contributed by atoms with van der Waals surface area (Å²) in [5, 5.41) is 2.69. The largest absolute Gasteiger partial charge is 0.467 e. The van der Waals surface area contributed by atoms with Gasteiger partial charge < -0.3 is 10.1 Å². The van der Waals surface area contributed by atoms with Crippen LogP contribution < -0.4 is 5.32 Å². The van der Waals surface area contributed by atoms with Gasteiger partial charge in [0.15, 0.2) is 6.04 Å². The van der Waals surface area contributed by atoms with Crippen LogP contribution in [0.5, 0.6) is 0 Å². The summed E-state index contributed by atoms with van der Waals surface area (Å²) in [4.78, 5) is 24.1. The average Bonchev–Trinajstić information content (AvgIpc) is 2.53. The van der Waals surface area contributed by atoms with Crippen LogP contribution in [-0.4, -0.2) is 19.0 Å². The Balaban J connectivity index is 2.21. The number of benzene rings is 2. The summed E-state index contributed by atoms with van der Waals surface area (Å²) in [6.07, 6.45) is 0. The lowest BCUT2D eigenvalue weighted by molar-refractivity contribution is -0.143. The predicted octanol–water partition coefficient (Wildman–Crippen LogP) is 3.09. The summed E-state index contributed by atoms with van der Waals surface area (Å²) in [6, 6.07) is 15.1. The maximum atomic E-state index is 12.2. The fourth-order valence-electron chi connectivity index (χ4n) is 1.86. The van der Waals surface area contributed by atoms with Crippen LogP contribution in [0.1, 0.15) is 22.0 Å². The van der Waals surface area contributed by atoms with Gasteiger partial charge in [0, 0.05) is 10.0 Å². The number of hydrogen-bond donors (Lipinski definition) is 1. The number of methoxy groups -OCH3 is 1. The summed E-state index contributed by atoms with van der Waals surface area (Å²) in [7, 11) is 1.30. The molecule has 1 amide bonds. The van der Waals surface area contributed by atoms with Crippen LogP contribution in [0.15, 0.2) is 59.1 Å². The average molecular weight is 348 g/mol. The highest BCUT2D eigenvalue weighted by molar-refractivity contribution is 9.10. The van der Waals surface area contributed by atoms with E-state index in [2.05, 4.69) is 21.2 Å². The molecule has 5 heteroatoms. The van der Waals surface area contributed by atoms with Crippen LogP contribution >= 0.6 is 15.9 Å². The first-order chi connectivity index (χ1) is 10.1. The smallest absolute Gasteiger partial charge is 0.333 e. The van der Waals surface area contributed by atoms with E-state index in [1.807, 2.05) is 6.07 Å². The minimum Gasteiger partial charge on any atom is -0.467 e. The third-order valence-corrected chi connectivity index (χ3v) is 3.48. The zero-order valence-corrected chi connectivity index (χ0v) is 13.0. The van der Waals surface area contributed by atoms with Crippen molar-refractivity contribution in [1.82, 2.24) is 5.32 Å². The molecule has 0 unspecified atom stereocenters. The lowest BCUT2D eigenvalue weighted by atomic mass is 10.1. The van der Waals surface area contributed by atoms with Gasteiger partial charge in [0.25, 0.3) is 5.91 Å². The van der Waals surface area contributed by atoms with Crippen molar-refractivity contribution in [2.75, 3.05) is 7.11 Å². The van der Waals surface area contributed by atoms with E-state index >= 15 is 0 Å². The predicted molar refractivity (Wildman–Crippen MR) is 82.8 cm³/mol. The molecule has 0 bridgehead atoms. The van der Waals surface area contributed by atoms with E-state index < -0.39 is 12.0 Å². The molecule has 4 nitrogen and oxygen atoms in total. The zero-order chi connectivity index (χ0) is 15.2. The number of nitrogens with one attached hydrogen (secondary N) is 1. The van der Waals surface area contributed by atoms with Crippen molar-refractivity contribution in [3.8, 4) is 0 Å². The van der Waals surface area contributed by atoms with E-state index in [0.717, 1.165) is 4.47 Å². The van der Waals surface area contributed by atoms with Gasteiger partial charge in [0.05, 0.1) is 7.11 Å². The highest BCUT2D eigenvalue weighted by atomic mass is 79.9. The molecule has 0 spiro atoms.